The van der Waals surface area contributed by atoms with Crippen molar-refractivity contribution >= 4 is 40.8 Å². The van der Waals surface area contributed by atoms with E-state index >= 15 is 0 Å². The molecule has 0 atom stereocenters. The van der Waals surface area contributed by atoms with Crippen LogP contribution < -0.4 is 15.8 Å². The number of hydrazine groups is 1. The summed E-state index contributed by atoms with van der Waals surface area (Å²) >= 11 is 0. The van der Waals surface area contributed by atoms with Crippen LogP contribution in [0.5, 0.6) is 0 Å². The minimum absolute atomic E-state index is 0.0600. The molecular weight excluding hydrogens is 563 g/mol. The molecule has 13 heteroatoms. The van der Waals surface area contributed by atoms with Crippen molar-refractivity contribution in [1.29, 1.82) is 0 Å². The molecule has 1 aliphatic heterocycles. The molecule has 3 N–H and O–H groups in total. The standard InChI is InChI=1S/C31H29FN10O2/c1-34-11-12-42(33)30-28-26(24(32)18-37-30)23(17-36-28)29(43)31(44)40-15-13-39(14-16-40)25-20-41(19-22-9-5-6-10-35-22)38-27(25)21-7-3-2-4-8-21/h2-12,17-18,20,36H,1,13-16,19,33H2/b12-11-. The number of Topliss-reactive ketones (excluding diaryl/α,β-unsaturated/α-hetero) is 1. The monoisotopic (exact) mass is 592 g/mol. The number of halogens is 1. The summed E-state index contributed by atoms with van der Waals surface area (Å²) in [6, 6.07) is 15.7. The van der Waals surface area contributed by atoms with E-state index in [1.54, 1.807) is 6.20 Å². The molecule has 0 bridgehead atoms. The number of ketones is 1. The van der Waals surface area contributed by atoms with Gasteiger partial charge in [-0.1, -0.05) is 36.4 Å². The van der Waals surface area contributed by atoms with Gasteiger partial charge in [-0.25, -0.2) is 15.2 Å². The van der Waals surface area contributed by atoms with Gasteiger partial charge in [-0.15, -0.1) is 0 Å². The molecule has 1 aromatic carbocycles. The number of pyridine rings is 2. The summed E-state index contributed by atoms with van der Waals surface area (Å²) in [6.07, 6.45) is 8.72. The molecule has 5 heterocycles. The highest BCUT2D eigenvalue weighted by Crippen LogP contribution is 2.32. The van der Waals surface area contributed by atoms with Crippen molar-refractivity contribution in [3.8, 4) is 11.3 Å². The molecule has 1 fully saturated rings. The van der Waals surface area contributed by atoms with Gasteiger partial charge in [-0.05, 0) is 18.9 Å². The number of nitrogens with one attached hydrogen (secondary N) is 1. The fraction of sp³-hybridized carbons (Fsp3) is 0.161. The lowest BCUT2D eigenvalue weighted by Gasteiger charge is -2.35. The first-order valence-electron chi connectivity index (χ1n) is 13.9. The second-order valence-electron chi connectivity index (χ2n) is 10.1. The normalized spacial score (nSPS) is 13.5. The predicted molar refractivity (Wildman–Crippen MR) is 166 cm³/mol. The van der Waals surface area contributed by atoms with E-state index in [9.17, 15) is 14.0 Å². The highest BCUT2D eigenvalue weighted by atomic mass is 19.1. The van der Waals surface area contributed by atoms with Crippen LogP contribution in [0.25, 0.3) is 22.2 Å². The number of carbonyl (C=O) groups excluding carboxylic acids is 2. The maximum absolute atomic E-state index is 14.9. The van der Waals surface area contributed by atoms with Crippen molar-refractivity contribution in [2.75, 3.05) is 36.1 Å². The molecular formula is C31H29FN10O2. The van der Waals surface area contributed by atoms with Gasteiger partial charge in [0.2, 0.25) is 0 Å². The maximum Gasteiger partial charge on any atom is 0.295 e. The summed E-state index contributed by atoms with van der Waals surface area (Å²) < 4.78 is 16.8. The quantitative estimate of drug-likeness (QED) is 0.0873. The van der Waals surface area contributed by atoms with E-state index < -0.39 is 17.5 Å². The van der Waals surface area contributed by atoms with Crippen molar-refractivity contribution in [1.82, 2.24) is 29.6 Å². The van der Waals surface area contributed by atoms with Crippen LogP contribution in [0.2, 0.25) is 0 Å². The summed E-state index contributed by atoms with van der Waals surface area (Å²) in [4.78, 5) is 45.3. The van der Waals surface area contributed by atoms with Crippen LogP contribution in [0.1, 0.15) is 16.1 Å². The number of piperazine rings is 1. The molecule has 0 aliphatic carbocycles. The number of rotatable bonds is 9. The zero-order valence-electron chi connectivity index (χ0n) is 23.7. The Bertz CT molecular complexity index is 1840. The van der Waals surface area contributed by atoms with Gasteiger partial charge in [0.1, 0.15) is 5.69 Å². The fourth-order valence-electron chi connectivity index (χ4n) is 5.25. The Hall–Kier alpha value is -5.69. The Morgan fingerprint density at radius 2 is 1.86 bits per heavy atom. The van der Waals surface area contributed by atoms with Crippen molar-refractivity contribution in [2.45, 2.75) is 6.54 Å². The van der Waals surface area contributed by atoms with Gasteiger partial charge in [0.15, 0.2) is 11.6 Å². The summed E-state index contributed by atoms with van der Waals surface area (Å²) in [7, 11) is 0. The van der Waals surface area contributed by atoms with Gasteiger partial charge in [-0.3, -0.25) is 29.3 Å². The van der Waals surface area contributed by atoms with Crippen LogP contribution in [0.3, 0.4) is 0 Å². The first-order valence-corrected chi connectivity index (χ1v) is 13.9. The summed E-state index contributed by atoms with van der Waals surface area (Å²) in [5.74, 6) is 3.86. The summed E-state index contributed by atoms with van der Waals surface area (Å²) in [6.45, 7) is 5.43. The van der Waals surface area contributed by atoms with Crippen LogP contribution in [0, 0.1) is 5.82 Å². The van der Waals surface area contributed by atoms with Crippen molar-refractivity contribution in [3.63, 3.8) is 0 Å². The molecule has 44 heavy (non-hydrogen) atoms. The average molecular weight is 593 g/mol. The largest absolute Gasteiger partial charge is 0.365 e. The number of aliphatic imine (C=N–C) groups is 1. The number of aromatic amines is 1. The smallest absolute Gasteiger partial charge is 0.295 e. The molecule has 0 spiro atoms. The lowest BCUT2D eigenvalue weighted by Crippen LogP contribution is -2.50. The zero-order valence-corrected chi connectivity index (χ0v) is 23.7. The van der Waals surface area contributed by atoms with Crippen molar-refractivity contribution < 1.29 is 14.0 Å². The third-order valence-electron chi connectivity index (χ3n) is 7.41. The molecule has 1 saturated heterocycles. The topological polar surface area (TPSA) is 142 Å². The van der Waals surface area contributed by atoms with E-state index in [4.69, 9.17) is 10.9 Å². The number of nitrogens with two attached hydrogens (primary N) is 1. The third-order valence-corrected chi connectivity index (χ3v) is 7.41. The van der Waals surface area contributed by atoms with Gasteiger partial charge in [-0.2, -0.15) is 5.10 Å². The van der Waals surface area contributed by atoms with E-state index in [1.165, 1.54) is 23.5 Å². The number of hydrogen-bond donors (Lipinski definition) is 2. The summed E-state index contributed by atoms with van der Waals surface area (Å²) in [5, 5.41) is 5.93. The minimum Gasteiger partial charge on any atom is -0.365 e. The molecule has 12 nitrogen and oxygen atoms in total. The lowest BCUT2D eigenvalue weighted by atomic mass is 10.1. The van der Waals surface area contributed by atoms with Gasteiger partial charge >= 0.3 is 0 Å². The number of aromatic nitrogens is 5. The number of carbonyl (C=O) groups is 2. The molecule has 1 aliphatic rings. The SMILES string of the molecule is C=N/C=C\N(N)c1ncc(F)c2c(C(=O)C(=O)N3CCN(c4cn(Cc5ccccn5)nc4-c4ccccc4)CC3)c[nH]c12. The van der Waals surface area contributed by atoms with E-state index in [0.717, 1.165) is 33.8 Å². The molecule has 0 saturated carbocycles. The number of fused-ring (bicyclic) bond motifs is 1. The Morgan fingerprint density at radius 1 is 1.09 bits per heavy atom. The number of H-pyrrole nitrogens is 1. The number of anilines is 2. The first kappa shape index (κ1) is 28.4. The maximum atomic E-state index is 14.9. The van der Waals surface area contributed by atoms with Crippen LogP contribution in [0.4, 0.5) is 15.9 Å². The lowest BCUT2D eigenvalue weighted by molar-refractivity contribution is -0.126. The average Bonchev–Trinajstić information content (AvgIpc) is 3.70. The van der Waals surface area contributed by atoms with E-state index in [2.05, 4.69) is 31.6 Å². The Labute approximate surface area is 251 Å². The Kier molecular flexibility index (Phi) is 7.93. The Morgan fingerprint density at radius 3 is 2.59 bits per heavy atom. The first-order chi connectivity index (χ1) is 21.4. The molecule has 0 unspecified atom stereocenters. The minimum atomic E-state index is -0.819. The van der Waals surface area contributed by atoms with Gasteiger partial charge in [0.25, 0.3) is 11.7 Å². The highest BCUT2D eigenvalue weighted by molar-refractivity contribution is 6.45. The number of amides is 1. The molecule has 1 amide bonds. The van der Waals surface area contributed by atoms with Gasteiger partial charge in [0, 0.05) is 62.7 Å². The van der Waals surface area contributed by atoms with Crippen LogP contribution in [0.15, 0.2) is 90.7 Å². The van der Waals surface area contributed by atoms with Gasteiger partial charge in [0.05, 0.1) is 40.6 Å². The van der Waals surface area contributed by atoms with Crippen LogP contribution in [-0.2, 0) is 11.3 Å². The number of hydrogen-bond acceptors (Lipinski definition) is 9. The van der Waals surface area contributed by atoms with E-state index in [0.29, 0.717) is 32.7 Å². The second kappa shape index (κ2) is 12.3. The van der Waals surface area contributed by atoms with Gasteiger partial charge < -0.3 is 14.8 Å². The second-order valence-corrected chi connectivity index (χ2v) is 10.1. The molecule has 5 aromatic rings. The van der Waals surface area contributed by atoms with Crippen molar-refractivity contribution in [2.24, 2.45) is 10.8 Å². The number of nitrogens with zero attached hydrogens (tertiary/aromatic N) is 8. The molecule has 222 valence electrons. The third kappa shape index (κ3) is 5.55. The molecule has 0 radical (unpaired) electrons. The number of benzene rings is 1. The predicted octanol–water partition coefficient (Wildman–Crippen LogP) is 3.39. The summed E-state index contributed by atoms with van der Waals surface area (Å²) in [5.41, 5.74) is 3.70. The zero-order chi connectivity index (χ0) is 30.6. The van der Waals surface area contributed by atoms with E-state index in [1.807, 2.05) is 59.4 Å². The fourth-order valence-corrected chi connectivity index (χ4v) is 5.25. The van der Waals surface area contributed by atoms with Crippen LogP contribution >= 0.6 is 0 Å². The van der Waals surface area contributed by atoms with E-state index in [-0.39, 0.29) is 22.3 Å². The molecule has 6 rings (SSSR count). The Balaban J connectivity index is 1.20. The van der Waals surface area contributed by atoms with Crippen LogP contribution in [-0.4, -0.2) is 74.2 Å². The highest BCUT2D eigenvalue weighted by Gasteiger charge is 2.31. The van der Waals surface area contributed by atoms with Crippen molar-refractivity contribution in [3.05, 3.63) is 103 Å². The molecule has 4 aromatic heterocycles.